The summed E-state index contributed by atoms with van der Waals surface area (Å²) >= 11 is 0. The van der Waals surface area contributed by atoms with Gasteiger partial charge in [-0.3, -0.25) is 0 Å². The maximum atomic E-state index is 4.34. The minimum atomic E-state index is 0.0833. The van der Waals surface area contributed by atoms with Gasteiger partial charge >= 0.3 is 0 Å². The average Bonchev–Trinajstić information content (AvgIpc) is 2.60. The Morgan fingerprint density at radius 1 is 1.05 bits per heavy atom. The van der Waals surface area contributed by atoms with Crippen LogP contribution in [0.1, 0.15) is 58.4 Å². The van der Waals surface area contributed by atoms with Gasteiger partial charge in [0.05, 0.1) is 0 Å². The lowest BCUT2D eigenvalue weighted by molar-refractivity contribution is 0.604. The highest BCUT2D eigenvalue weighted by molar-refractivity contribution is 5.69. The minimum Gasteiger partial charge on any atom is -0.345 e. The van der Waals surface area contributed by atoms with E-state index in [0.717, 1.165) is 6.54 Å². The van der Waals surface area contributed by atoms with Crippen molar-refractivity contribution in [1.29, 1.82) is 0 Å². The number of nitrogens with zero attached hydrogens (tertiary/aromatic N) is 1. The molecule has 0 amide bonds. The summed E-state index contributed by atoms with van der Waals surface area (Å²) in [6.45, 7) is 12.3. The van der Waals surface area contributed by atoms with E-state index >= 15 is 0 Å². The molecule has 1 aliphatic rings. The van der Waals surface area contributed by atoms with Crippen molar-refractivity contribution in [3.63, 3.8) is 0 Å². The lowest BCUT2D eigenvalue weighted by Gasteiger charge is -2.25. The van der Waals surface area contributed by atoms with Gasteiger partial charge in [-0.05, 0) is 18.1 Å². The summed E-state index contributed by atoms with van der Waals surface area (Å²) < 4.78 is 0. The fourth-order valence-electron chi connectivity index (χ4n) is 3.00. The standard InChI is InChI=1S/C18H27N/c1-5-6-7-8-11-14-19-15(2)18(3,4)16-12-9-10-13-17(16)19/h9-10,12-13H,2,5-8,11,14H2,1,3-4H3. The lowest BCUT2D eigenvalue weighted by Crippen LogP contribution is -2.26. The Morgan fingerprint density at radius 3 is 2.47 bits per heavy atom. The number of rotatable bonds is 6. The van der Waals surface area contributed by atoms with Crippen molar-refractivity contribution in [2.75, 3.05) is 11.4 Å². The maximum Gasteiger partial charge on any atom is 0.0450 e. The van der Waals surface area contributed by atoms with E-state index in [4.69, 9.17) is 0 Å². The normalized spacial score (nSPS) is 16.8. The molecule has 0 spiro atoms. The topological polar surface area (TPSA) is 3.24 Å². The molecule has 0 aliphatic carbocycles. The van der Waals surface area contributed by atoms with E-state index in [0.29, 0.717) is 0 Å². The predicted molar refractivity (Wildman–Crippen MR) is 84.7 cm³/mol. The molecule has 1 heterocycles. The summed E-state index contributed by atoms with van der Waals surface area (Å²) in [6.07, 6.45) is 6.64. The van der Waals surface area contributed by atoms with Crippen LogP contribution in [0, 0.1) is 0 Å². The number of allylic oxidation sites excluding steroid dienone is 1. The Morgan fingerprint density at radius 2 is 1.74 bits per heavy atom. The highest BCUT2D eigenvalue weighted by Crippen LogP contribution is 2.46. The van der Waals surface area contributed by atoms with Crippen LogP contribution in [0.15, 0.2) is 36.5 Å². The first-order valence-corrected chi connectivity index (χ1v) is 7.65. The number of hydrogen-bond acceptors (Lipinski definition) is 1. The van der Waals surface area contributed by atoms with Crippen molar-refractivity contribution in [1.82, 2.24) is 0 Å². The molecule has 2 rings (SSSR count). The van der Waals surface area contributed by atoms with Crippen molar-refractivity contribution in [3.8, 4) is 0 Å². The molecule has 104 valence electrons. The number of anilines is 1. The highest BCUT2D eigenvalue weighted by atomic mass is 15.2. The first-order valence-electron chi connectivity index (χ1n) is 7.65. The van der Waals surface area contributed by atoms with Crippen LogP contribution in [-0.4, -0.2) is 6.54 Å². The fraction of sp³-hybridized carbons (Fsp3) is 0.556. The average molecular weight is 257 g/mol. The van der Waals surface area contributed by atoms with Crippen LogP contribution in [0.4, 0.5) is 5.69 Å². The third kappa shape index (κ3) is 2.70. The Bertz CT molecular complexity index is 445. The quantitative estimate of drug-likeness (QED) is 0.628. The van der Waals surface area contributed by atoms with Crippen LogP contribution in [-0.2, 0) is 5.41 Å². The predicted octanol–water partition coefficient (Wildman–Crippen LogP) is 5.27. The zero-order valence-corrected chi connectivity index (χ0v) is 12.7. The second kappa shape index (κ2) is 5.81. The van der Waals surface area contributed by atoms with Crippen molar-refractivity contribution in [3.05, 3.63) is 42.1 Å². The van der Waals surface area contributed by atoms with Gasteiger partial charge < -0.3 is 4.90 Å². The molecule has 1 nitrogen and oxygen atoms in total. The molecular formula is C18H27N. The third-order valence-electron chi connectivity index (χ3n) is 4.40. The van der Waals surface area contributed by atoms with Gasteiger partial charge in [0, 0.05) is 23.3 Å². The third-order valence-corrected chi connectivity index (χ3v) is 4.40. The molecule has 0 unspecified atom stereocenters. The van der Waals surface area contributed by atoms with E-state index in [9.17, 15) is 0 Å². The Labute approximate surface area is 118 Å². The van der Waals surface area contributed by atoms with Gasteiger partial charge in [0.1, 0.15) is 0 Å². The highest BCUT2D eigenvalue weighted by Gasteiger charge is 2.37. The molecule has 0 atom stereocenters. The first-order chi connectivity index (χ1) is 9.09. The van der Waals surface area contributed by atoms with Crippen molar-refractivity contribution < 1.29 is 0 Å². The second-order valence-corrected chi connectivity index (χ2v) is 6.15. The number of unbranched alkanes of at least 4 members (excludes halogenated alkanes) is 4. The van der Waals surface area contributed by atoms with Gasteiger partial charge in [0.15, 0.2) is 0 Å². The zero-order chi connectivity index (χ0) is 13.9. The summed E-state index contributed by atoms with van der Waals surface area (Å²) in [7, 11) is 0. The van der Waals surface area contributed by atoms with Gasteiger partial charge in [0.2, 0.25) is 0 Å². The molecule has 0 radical (unpaired) electrons. The summed E-state index contributed by atoms with van der Waals surface area (Å²) in [5, 5.41) is 0. The van der Waals surface area contributed by atoms with Crippen LogP contribution in [0.3, 0.4) is 0 Å². The first kappa shape index (κ1) is 14.2. The molecule has 0 N–H and O–H groups in total. The van der Waals surface area contributed by atoms with Crippen molar-refractivity contribution >= 4 is 5.69 Å². The van der Waals surface area contributed by atoms with Gasteiger partial charge in [-0.15, -0.1) is 0 Å². The van der Waals surface area contributed by atoms with E-state index in [-0.39, 0.29) is 5.41 Å². The van der Waals surface area contributed by atoms with E-state index in [2.05, 4.69) is 56.5 Å². The molecule has 19 heavy (non-hydrogen) atoms. The van der Waals surface area contributed by atoms with Gasteiger partial charge in [-0.1, -0.05) is 71.2 Å². The fourth-order valence-corrected chi connectivity index (χ4v) is 3.00. The molecular weight excluding hydrogens is 230 g/mol. The molecule has 1 aromatic carbocycles. The summed E-state index contributed by atoms with van der Waals surface area (Å²) in [6, 6.07) is 8.76. The SMILES string of the molecule is C=C1N(CCCCCCC)c2ccccc2C1(C)C. The van der Waals surface area contributed by atoms with E-state index in [1.54, 1.807) is 0 Å². The minimum absolute atomic E-state index is 0.0833. The smallest absolute Gasteiger partial charge is 0.0450 e. The number of benzene rings is 1. The van der Waals surface area contributed by atoms with Crippen LogP contribution < -0.4 is 4.90 Å². The molecule has 0 bridgehead atoms. The van der Waals surface area contributed by atoms with E-state index in [1.807, 2.05) is 0 Å². The number of fused-ring (bicyclic) bond motifs is 1. The summed E-state index contributed by atoms with van der Waals surface area (Å²) in [5.74, 6) is 0. The van der Waals surface area contributed by atoms with Crippen LogP contribution in [0.2, 0.25) is 0 Å². The summed E-state index contributed by atoms with van der Waals surface area (Å²) in [5.41, 5.74) is 4.13. The number of para-hydroxylation sites is 1. The Balaban J connectivity index is 2.04. The molecule has 1 aliphatic heterocycles. The lowest BCUT2D eigenvalue weighted by atomic mass is 9.84. The molecule has 1 aromatic rings. The van der Waals surface area contributed by atoms with Crippen LogP contribution in [0.5, 0.6) is 0 Å². The van der Waals surface area contributed by atoms with Gasteiger partial charge in [-0.25, -0.2) is 0 Å². The van der Waals surface area contributed by atoms with Crippen molar-refractivity contribution in [2.45, 2.75) is 58.3 Å². The zero-order valence-electron chi connectivity index (χ0n) is 12.7. The molecule has 0 fully saturated rings. The van der Waals surface area contributed by atoms with E-state index in [1.165, 1.54) is 49.1 Å². The largest absolute Gasteiger partial charge is 0.345 e. The Kier molecular flexibility index (Phi) is 4.34. The van der Waals surface area contributed by atoms with Crippen LogP contribution >= 0.6 is 0 Å². The maximum absolute atomic E-state index is 4.34. The molecule has 1 heteroatoms. The second-order valence-electron chi connectivity index (χ2n) is 6.15. The molecule has 0 aromatic heterocycles. The molecule has 0 saturated carbocycles. The van der Waals surface area contributed by atoms with Gasteiger partial charge in [0.25, 0.3) is 0 Å². The molecule has 0 saturated heterocycles. The van der Waals surface area contributed by atoms with Crippen molar-refractivity contribution in [2.24, 2.45) is 0 Å². The van der Waals surface area contributed by atoms with Crippen LogP contribution in [0.25, 0.3) is 0 Å². The van der Waals surface area contributed by atoms with E-state index < -0.39 is 0 Å². The Hall–Kier alpha value is -1.24. The summed E-state index contributed by atoms with van der Waals surface area (Å²) in [4.78, 5) is 2.43. The van der Waals surface area contributed by atoms with Gasteiger partial charge in [-0.2, -0.15) is 0 Å². The monoisotopic (exact) mass is 257 g/mol. The number of hydrogen-bond donors (Lipinski definition) is 0.